The average Bonchev–Trinajstić information content (AvgIpc) is 3.19. The maximum atomic E-state index is 13.4. The molecule has 3 aromatic heterocycles. The average molecular weight is 420 g/mol. The van der Waals surface area contributed by atoms with Gasteiger partial charge in [0.05, 0.1) is 28.0 Å². The first-order valence-electron chi connectivity index (χ1n) is 10.2. The molecule has 1 amide bonds. The summed E-state index contributed by atoms with van der Waals surface area (Å²) in [6, 6.07) is 7.75. The topological polar surface area (TPSA) is 77.6 Å². The first kappa shape index (κ1) is 20.7. The fourth-order valence-corrected chi connectivity index (χ4v) is 3.89. The fourth-order valence-electron chi connectivity index (χ4n) is 3.89. The Hall–Kier alpha value is -3.55. The normalized spacial score (nSPS) is 12.3. The number of hydrogen-bond donors (Lipinski definition) is 1. The Morgan fingerprint density at radius 3 is 2.48 bits per heavy atom. The zero-order valence-corrected chi connectivity index (χ0v) is 18.3. The Labute approximate surface area is 179 Å². The molecule has 0 fully saturated rings. The minimum atomic E-state index is -0.320. The lowest BCUT2D eigenvalue weighted by atomic mass is 10.1. The van der Waals surface area contributed by atoms with Crippen molar-refractivity contribution in [1.82, 2.24) is 29.9 Å². The molecule has 0 saturated heterocycles. The Morgan fingerprint density at radius 1 is 1.13 bits per heavy atom. The van der Waals surface area contributed by atoms with Gasteiger partial charge < -0.3 is 5.32 Å². The molecule has 3 heterocycles. The van der Waals surface area contributed by atoms with Crippen LogP contribution in [0.5, 0.6) is 0 Å². The van der Waals surface area contributed by atoms with E-state index < -0.39 is 0 Å². The summed E-state index contributed by atoms with van der Waals surface area (Å²) < 4.78 is 16.8. The van der Waals surface area contributed by atoms with Gasteiger partial charge in [0.2, 0.25) is 0 Å². The van der Waals surface area contributed by atoms with Crippen molar-refractivity contribution in [1.29, 1.82) is 0 Å². The maximum absolute atomic E-state index is 13.4. The lowest BCUT2D eigenvalue weighted by Crippen LogP contribution is -2.34. The third-order valence-corrected chi connectivity index (χ3v) is 5.28. The van der Waals surface area contributed by atoms with Crippen LogP contribution in [0.25, 0.3) is 16.7 Å². The molecule has 0 spiro atoms. The number of hydrogen-bond acceptors (Lipinski definition) is 4. The van der Waals surface area contributed by atoms with Crippen LogP contribution < -0.4 is 5.32 Å². The number of carbonyl (C=O) groups is 1. The molecule has 4 rings (SSSR count). The molecule has 1 N–H and O–H groups in total. The molecule has 0 aliphatic rings. The molecule has 0 aliphatic carbocycles. The highest BCUT2D eigenvalue weighted by Gasteiger charge is 2.21. The van der Waals surface area contributed by atoms with Gasteiger partial charge in [-0.25, -0.2) is 14.1 Å². The smallest absolute Gasteiger partial charge is 0.252 e. The minimum Gasteiger partial charge on any atom is -0.349 e. The summed E-state index contributed by atoms with van der Waals surface area (Å²) in [5.41, 5.74) is 5.25. The third-order valence-electron chi connectivity index (χ3n) is 5.28. The monoisotopic (exact) mass is 420 g/mol. The number of pyridine rings is 1. The number of amides is 1. The Kier molecular flexibility index (Phi) is 5.31. The molecular formula is C23H25FN6O. The lowest BCUT2D eigenvalue weighted by molar-refractivity contribution is 0.0941. The van der Waals surface area contributed by atoms with E-state index in [4.69, 9.17) is 0 Å². The molecule has 31 heavy (non-hydrogen) atoms. The number of nitrogens with zero attached hydrogens (tertiary/aromatic N) is 5. The summed E-state index contributed by atoms with van der Waals surface area (Å²) in [6.07, 6.45) is 2.66. The van der Waals surface area contributed by atoms with E-state index in [0.717, 1.165) is 11.3 Å². The van der Waals surface area contributed by atoms with Crippen LogP contribution >= 0.6 is 0 Å². The summed E-state index contributed by atoms with van der Waals surface area (Å²) in [7, 11) is 1.89. The largest absolute Gasteiger partial charge is 0.349 e. The summed E-state index contributed by atoms with van der Waals surface area (Å²) in [5, 5.41) is 12.7. The van der Waals surface area contributed by atoms with E-state index in [-0.39, 0.29) is 17.8 Å². The summed E-state index contributed by atoms with van der Waals surface area (Å²) in [4.78, 5) is 17.8. The van der Waals surface area contributed by atoms with Crippen LogP contribution in [0.4, 0.5) is 4.39 Å². The number of aryl methyl sites for hydroxylation is 4. The summed E-state index contributed by atoms with van der Waals surface area (Å²) in [5.74, 6) is -0.495. The molecule has 0 radical (unpaired) electrons. The second kappa shape index (κ2) is 7.94. The molecular weight excluding hydrogens is 395 g/mol. The van der Waals surface area contributed by atoms with Crippen molar-refractivity contribution in [3.63, 3.8) is 0 Å². The number of halogens is 1. The fraction of sp³-hybridized carbons (Fsp3) is 0.304. The minimum absolute atomic E-state index is 0.0774. The van der Waals surface area contributed by atoms with Crippen LogP contribution in [-0.4, -0.2) is 36.5 Å². The predicted octanol–water partition coefficient (Wildman–Crippen LogP) is 3.58. The molecule has 8 heteroatoms. The van der Waals surface area contributed by atoms with E-state index >= 15 is 0 Å². The maximum Gasteiger partial charge on any atom is 0.252 e. The van der Waals surface area contributed by atoms with Crippen molar-refractivity contribution in [3.8, 4) is 5.69 Å². The SMILES string of the molecule is Cc1cc(C(=O)NC(C)Cc2cn(C)nc2C)c2c(C)nn(-c3ccc(F)cc3)c2n1. The van der Waals surface area contributed by atoms with Gasteiger partial charge >= 0.3 is 0 Å². The van der Waals surface area contributed by atoms with Crippen molar-refractivity contribution in [2.45, 2.75) is 40.2 Å². The second-order valence-corrected chi connectivity index (χ2v) is 7.98. The number of aromatic nitrogens is 5. The standard InChI is InChI=1S/C23H25FN6O/c1-13(10-17-12-29(5)27-15(17)3)26-23(31)20-11-14(2)25-22-21(20)16(4)28-30(22)19-8-6-18(24)7-9-19/h6-9,11-13H,10H2,1-5H3,(H,26,31). The quantitative estimate of drug-likeness (QED) is 0.535. The van der Waals surface area contributed by atoms with Crippen LogP contribution in [0.3, 0.4) is 0 Å². The zero-order valence-electron chi connectivity index (χ0n) is 18.3. The van der Waals surface area contributed by atoms with Crippen molar-refractivity contribution in [2.24, 2.45) is 7.05 Å². The van der Waals surface area contributed by atoms with Gasteiger partial charge in [-0.05, 0) is 70.0 Å². The van der Waals surface area contributed by atoms with Crippen molar-refractivity contribution < 1.29 is 9.18 Å². The van der Waals surface area contributed by atoms with Gasteiger partial charge in [0.1, 0.15) is 5.82 Å². The molecule has 7 nitrogen and oxygen atoms in total. The molecule has 1 aromatic carbocycles. The van der Waals surface area contributed by atoms with Gasteiger partial charge in [-0.2, -0.15) is 10.2 Å². The van der Waals surface area contributed by atoms with Gasteiger partial charge in [0, 0.05) is 25.0 Å². The molecule has 1 atom stereocenters. The zero-order chi connectivity index (χ0) is 22.3. The van der Waals surface area contributed by atoms with E-state index in [1.54, 1.807) is 27.6 Å². The van der Waals surface area contributed by atoms with E-state index in [2.05, 4.69) is 20.5 Å². The molecule has 1 unspecified atom stereocenters. The van der Waals surface area contributed by atoms with Crippen molar-refractivity contribution in [2.75, 3.05) is 0 Å². The molecule has 4 aromatic rings. The highest BCUT2D eigenvalue weighted by Crippen LogP contribution is 2.25. The Balaban J connectivity index is 1.68. The summed E-state index contributed by atoms with van der Waals surface area (Å²) >= 11 is 0. The number of rotatable bonds is 5. The Morgan fingerprint density at radius 2 is 1.84 bits per heavy atom. The van der Waals surface area contributed by atoms with Crippen LogP contribution in [0.15, 0.2) is 36.5 Å². The van der Waals surface area contributed by atoms with Gasteiger partial charge in [0.25, 0.3) is 5.91 Å². The van der Waals surface area contributed by atoms with Gasteiger partial charge in [-0.3, -0.25) is 9.48 Å². The highest BCUT2D eigenvalue weighted by molar-refractivity contribution is 6.06. The van der Waals surface area contributed by atoms with E-state index in [0.29, 0.717) is 40.1 Å². The third kappa shape index (κ3) is 4.05. The Bertz CT molecular complexity index is 1270. The van der Waals surface area contributed by atoms with Crippen molar-refractivity contribution in [3.05, 3.63) is 70.6 Å². The number of benzene rings is 1. The number of nitrogens with one attached hydrogen (secondary N) is 1. The first-order chi connectivity index (χ1) is 14.7. The number of fused-ring (bicyclic) bond motifs is 1. The van der Waals surface area contributed by atoms with E-state index in [1.165, 1.54) is 12.1 Å². The highest BCUT2D eigenvalue weighted by atomic mass is 19.1. The van der Waals surface area contributed by atoms with E-state index in [9.17, 15) is 9.18 Å². The molecule has 0 aliphatic heterocycles. The van der Waals surface area contributed by atoms with Crippen LogP contribution in [0.2, 0.25) is 0 Å². The van der Waals surface area contributed by atoms with Crippen molar-refractivity contribution >= 4 is 16.9 Å². The van der Waals surface area contributed by atoms with Crippen LogP contribution in [-0.2, 0) is 13.5 Å². The van der Waals surface area contributed by atoms with Gasteiger partial charge in [0.15, 0.2) is 5.65 Å². The van der Waals surface area contributed by atoms with Gasteiger partial charge in [-0.1, -0.05) is 0 Å². The second-order valence-electron chi connectivity index (χ2n) is 7.98. The molecule has 0 bridgehead atoms. The van der Waals surface area contributed by atoms with Gasteiger partial charge in [-0.15, -0.1) is 0 Å². The van der Waals surface area contributed by atoms with Crippen LogP contribution in [0, 0.1) is 26.6 Å². The van der Waals surface area contributed by atoms with E-state index in [1.807, 2.05) is 40.9 Å². The lowest BCUT2D eigenvalue weighted by Gasteiger charge is -2.14. The predicted molar refractivity (Wildman–Crippen MR) is 117 cm³/mol. The summed E-state index contributed by atoms with van der Waals surface area (Å²) in [6.45, 7) is 7.63. The number of carbonyl (C=O) groups excluding carboxylic acids is 1. The first-order valence-corrected chi connectivity index (χ1v) is 10.2. The van der Waals surface area contributed by atoms with Crippen LogP contribution in [0.1, 0.15) is 39.9 Å². The molecule has 160 valence electrons. The molecule has 0 saturated carbocycles.